The Bertz CT molecular complexity index is 768. The first-order valence-corrected chi connectivity index (χ1v) is 11.3. The van der Waals surface area contributed by atoms with Crippen molar-refractivity contribution >= 4 is 29.3 Å². The van der Waals surface area contributed by atoms with E-state index in [1.807, 2.05) is 42.4 Å². The van der Waals surface area contributed by atoms with Crippen molar-refractivity contribution in [1.29, 1.82) is 0 Å². The Labute approximate surface area is 176 Å². The molecule has 152 valence electrons. The molecule has 6 nitrogen and oxygen atoms in total. The predicted molar refractivity (Wildman–Crippen MR) is 117 cm³/mol. The zero-order valence-electron chi connectivity index (χ0n) is 16.6. The lowest BCUT2D eigenvalue weighted by atomic mass is 9.96. The number of aliphatic imine (C=N–C) groups is 1. The van der Waals surface area contributed by atoms with Crippen LogP contribution in [0, 0.1) is 6.92 Å². The lowest BCUT2D eigenvalue weighted by molar-refractivity contribution is 0.410. The number of thioether (sulfide) groups is 1. The fraction of sp³-hybridized carbons (Fsp3) is 0.550. The summed E-state index contributed by atoms with van der Waals surface area (Å²) in [6, 6.07) is 8.47. The minimum atomic E-state index is 0.505. The van der Waals surface area contributed by atoms with E-state index in [4.69, 9.17) is 16.6 Å². The van der Waals surface area contributed by atoms with Gasteiger partial charge >= 0.3 is 0 Å². The third kappa shape index (κ3) is 6.41. The smallest absolute Gasteiger partial charge is 0.191 e. The van der Waals surface area contributed by atoms with E-state index < -0.39 is 0 Å². The molecule has 2 aromatic rings. The molecule has 0 spiro atoms. The highest BCUT2D eigenvalue weighted by atomic mass is 35.5. The summed E-state index contributed by atoms with van der Waals surface area (Å²) in [6.45, 7) is 3.31. The first kappa shape index (κ1) is 21.0. The van der Waals surface area contributed by atoms with E-state index in [0.717, 1.165) is 34.9 Å². The van der Waals surface area contributed by atoms with Gasteiger partial charge in [0, 0.05) is 35.3 Å². The molecule has 0 amide bonds. The number of aromatic nitrogens is 3. The Morgan fingerprint density at radius 3 is 2.64 bits per heavy atom. The highest BCUT2D eigenvalue weighted by Gasteiger charge is 2.15. The molecule has 2 N–H and O–H groups in total. The summed E-state index contributed by atoms with van der Waals surface area (Å²) in [6.07, 6.45) is 6.35. The quantitative estimate of drug-likeness (QED) is 0.307. The van der Waals surface area contributed by atoms with Crippen LogP contribution in [0.2, 0.25) is 5.02 Å². The van der Waals surface area contributed by atoms with Gasteiger partial charge in [0.25, 0.3) is 0 Å². The van der Waals surface area contributed by atoms with Crippen LogP contribution in [0.4, 0.5) is 0 Å². The van der Waals surface area contributed by atoms with Gasteiger partial charge in [0.05, 0.1) is 0 Å². The molecule has 3 rings (SSSR count). The van der Waals surface area contributed by atoms with Crippen molar-refractivity contribution in [2.75, 3.05) is 12.3 Å². The average Bonchev–Trinajstić information content (AvgIpc) is 3.03. The number of aryl methyl sites for hydroxylation is 1. The van der Waals surface area contributed by atoms with Crippen LogP contribution in [0.3, 0.4) is 0 Å². The number of benzene rings is 1. The first-order valence-electron chi connectivity index (χ1n) is 9.90. The van der Waals surface area contributed by atoms with Crippen LogP contribution in [0.1, 0.15) is 43.8 Å². The molecule has 1 saturated carbocycles. The van der Waals surface area contributed by atoms with Gasteiger partial charge < -0.3 is 15.2 Å². The summed E-state index contributed by atoms with van der Waals surface area (Å²) in [5, 5.41) is 16.2. The largest absolute Gasteiger partial charge is 0.356 e. The molecule has 28 heavy (non-hydrogen) atoms. The van der Waals surface area contributed by atoms with Crippen molar-refractivity contribution in [1.82, 2.24) is 25.4 Å². The molecule has 1 heterocycles. The van der Waals surface area contributed by atoms with Gasteiger partial charge in [-0.15, -0.1) is 22.0 Å². The lowest BCUT2D eigenvalue weighted by Crippen LogP contribution is -2.45. The van der Waals surface area contributed by atoms with Gasteiger partial charge in [0.15, 0.2) is 11.8 Å². The molecular weight excluding hydrogens is 392 g/mol. The number of rotatable bonds is 7. The minimum Gasteiger partial charge on any atom is -0.356 e. The zero-order valence-corrected chi connectivity index (χ0v) is 18.2. The van der Waals surface area contributed by atoms with Crippen LogP contribution in [0.25, 0.3) is 0 Å². The van der Waals surface area contributed by atoms with Crippen LogP contribution >= 0.6 is 23.4 Å². The number of guanidine groups is 1. The van der Waals surface area contributed by atoms with E-state index in [-0.39, 0.29) is 0 Å². The van der Waals surface area contributed by atoms with Crippen LogP contribution in [-0.2, 0) is 13.6 Å². The third-order valence-corrected chi connectivity index (χ3v) is 6.25. The molecule has 1 aliphatic carbocycles. The van der Waals surface area contributed by atoms with Gasteiger partial charge in [-0.05, 0) is 44.0 Å². The Hall–Kier alpha value is -1.73. The van der Waals surface area contributed by atoms with Crippen LogP contribution in [-0.4, -0.2) is 39.1 Å². The predicted octanol–water partition coefficient (Wildman–Crippen LogP) is 3.94. The minimum absolute atomic E-state index is 0.505. The van der Waals surface area contributed by atoms with Gasteiger partial charge in [-0.25, -0.2) is 4.99 Å². The third-order valence-electron chi connectivity index (χ3n) is 4.98. The molecule has 1 fully saturated rings. The van der Waals surface area contributed by atoms with Crippen LogP contribution < -0.4 is 10.6 Å². The summed E-state index contributed by atoms with van der Waals surface area (Å²) >= 11 is 7.76. The van der Waals surface area contributed by atoms with Crippen LogP contribution in [0.15, 0.2) is 34.2 Å². The van der Waals surface area contributed by atoms with E-state index in [1.54, 1.807) is 0 Å². The molecule has 0 bridgehead atoms. The molecule has 0 unspecified atom stereocenters. The van der Waals surface area contributed by atoms with Gasteiger partial charge in [-0.3, -0.25) is 0 Å². The van der Waals surface area contributed by atoms with Gasteiger partial charge in [-0.1, -0.05) is 30.9 Å². The molecular formula is C20H29ClN6S. The normalized spacial score (nSPS) is 15.6. The van der Waals surface area contributed by atoms with E-state index in [1.165, 1.54) is 37.0 Å². The standard InChI is InChI=1S/C20H29ClN6S/c1-15-25-26-19(27(15)2)14-23-20(24-17-6-4-3-5-7-17)22-12-13-28-18-10-8-16(21)9-11-18/h8-11,17H,3-7,12-14H2,1-2H3,(H2,22,23,24). The van der Waals surface area contributed by atoms with Crippen molar-refractivity contribution in [3.63, 3.8) is 0 Å². The van der Waals surface area contributed by atoms with E-state index >= 15 is 0 Å². The number of halogens is 1. The van der Waals surface area contributed by atoms with Gasteiger partial charge in [-0.2, -0.15) is 0 Å². The van der Waals surface area contributed by atoms with Gasteiger partial charge in [0.2, 0.25) is 0 Å². The molecule has 8 heteroatoms. The second-order valence-electron chi connectivity index (χ2n) is 7.10. The van der Waals surface area contributed by atoms with Crippen molar-refractivity contribution < 1.29 is 0 Å². The maximum atomic E-state index is 5.95. The maximum Gasteiger partial charge on any atom is 0.191 e. The second kappa shape index (κ2) is 10.7. The van der Waals surface area contributed by atoms with Crippen molar-refractivity contribution in [2.45, 2.75) is 56.5 Å². The SMILES string of the molecule is Cc1nnc(CN=C(NCCSc2ccc(Cl)cc2)NC2CCCCC2)n1C. The Kier molecular flexibility index (Phi) is 8.03. The average molecular weight is 421 g/mol. The Balaban J connectivity index is 1.54. The van der Waals surface area contributed by atoms with E-state index in [9.17, 15) is 0 Å². The molecule has 1 aliphatic rings. The molecule has 0 saturated heterocycles. The van der Waals surface area contributed by atoms with E-state index in [2.05, 4.69) is 33.0 Å². The lowest BCUT2D eigenvalue weighted by Gasteiger charge is -2.25. The Morgan fingerprint density at radius 1 is 1.21 bits per heavy atom. The fourth-order valence-corrected chi connectivity index (χ4v) is 4.09. The monoisotopic (exact) mass is 420 g/mol. The highest BCUT2D eigenvalue weighted by molar-refractivity contribution is 7.99. The molecule has 1 aromatic carbocycles. The van der Waals surface area contributed by atoms with Crippen LogP contribution in [0.5, 0.6) is 0 Å². The summed E-state index contributed by atoms with van der Waals surface area (Å²) < 4.78 is 1.98. The van der Waals surface area contributed by atoms with Gasteiger partial charge in [0.1, 0.15) is 12.4 Å². The summed E-state index contributed by atoms with van der Waals surface area (Å²) in [4.78, 5) is 5.98. The maximum absolute atomic E-state index is 5.95. The number of nitrogens with one attached hydrogen (secondary N) is 2. The summed E-state index contributed by atoms with van der Waals surface area (Å²) in [5.41, 5.74) is 0. The van der Waals surface area contributed by atoms with Crippen molar-refractivity contribution in [3.8, 4) is 0 Å². The second-order valence-corrected chi connectivity index (χ2v) is 8.70. The highest BCUT2D eigenvalue weighted by Crippen LogP contribution is 2.20. The topological polar surface area (TPSA) is 67.1 Å². The first-order chi connectivity index (χ1) is 13.6. The molecule has 0 atom stereocenters. The fourth-order valence-electron chi connectivity index (χ4n) is 3.20. The van der Waals surface area contributed by atoms with Crippen molar-refractivity contribution in [3.05, 3.63) is 40.9 Å². The molecule has 0 radical (unpaired) electrons. The zero-order chi connectivity index (χ0) is 19.8. The van der Waals surface area contributed by atoms with E-state index in [0.29, 0.717) is 12.6 Å². The molecule has 0 aliphatic heterocycles. The molecule has 1 aromatic heterocycles. The van der Waals surface area contributed by atoms with Crippen molar-refractivity contribution in [2.24, 2.45) is 12.0 Å². The Morgan fingerprint density at radius 2 is 1.96 bits per heavy atom. The summed E-state index contributed by atoms with van der Waals surface area (Å²) in [7, 11) is 1.98. The number of hydrogen-bond donors (Lipinski definition) is 2. The summed E-state index contributed by atoms with van der Waals surface area (Å²) in [5.74, 6) is 3.59. The number of nitrogens with zero attached hydrogens (tertiary/aromatic N) is 4. The number of hydrogen-bond acceptors (Lipinski definition) is 4.